The minimum atomic E-state index is -3.29. The number of hydrogen-bond donors (Lipinski definition) is 2. The first-order valence-electron chi connectivity index (χ1n) is 9.45. The summed E-state index contributed by atoms with van der Waals surface area (Å²) in [6, 6.07) is 7.08. The van der Waals surface area contributed by atoms with Crippen LogP contribution in [-0.2, 0) is 23.0 Å². The van der Waals surface area contributed by atoms with Crippen molar-refractivity contribution < 1.29 is 13.2 Å². The van der Waals surface area contributed by atoms with Crippen molar-refractivity contribution in [2.75, 3.05) is 24.7 Å². The van der Waals surface area contributed by atoms with Gasteiger partial charge in [-0.25, -0.2) is 17.9 Å². The number of piperidine rings is 1. The molecule has 0 bridgehead atoms. The zero-order chi connectivity index (χ0) is 19.7. The fraction of sp³-hybridized carbons (Fsp3) is 0.500. The Morgan fingerprint density at radius 3 is 2.89 bits per heavy atom. The van der Waals surface area contributed by atoms with Crippen LogP contribution < -0.4 is 10.0 Å². The van der Waals surface area contributed by atoms with Crippen LogP contribution in [0.4, 0.5) is 10.5 Å². The number of urea groups is 1. The van der Waals surface area contributed by atoms with Crippen LogP contribution in [0, 0.1) is 0 Å². The second-order valence-electron chi connectivity index (χ2n) is 7.38. The lowest BCUT2D eigenvalue weighted by atomic mass is 10.1. The Morgan fingerprint density at radius 2 is 2.07 bits per heavy atom. The number of anilines is 1. The molecule has 2 N–H and O–H groups in total. The summed E-state index contributed by atoms with van der Waals surface area (Å²) < 4.78 is 27.6. The van der Waals surface area contributed by atoms with Gasteiger partial charge in [0.1, 0.15) is 5.82 Å². The van der Waals surface area contributed by atoms with Gasteiger partial charge in [-0.05, 0) is 31.4 Å². The molecule has 2 aliphatic rings. The molecular weight excluding hydrogens is 380 g/mol. The number of aromatic nitrogens is 3. The Hall–Kier alpha value is -2.46. The zero-order valence-corrected chi connectivity index (χ0v) is 16.6. The maximum absolute atomic E-state index is 12.7. The van der Waals surface area contributed by atoms with Gasteiger partial charge in [0, 0.05) is 43.3 Å². The standard InChI is InChI=1S/C18H24N6O3S/c1-28(26,27)22-15-7-3-9-23(12-15)18(25)19-14-6-2-5-13(11-14)17-21-20-16-8-4-10-24(16)17/h2,5-6,11,15,22H,3-4,7-10,12H2,1H3,(H,19,25). The molecule has 150 valence electrons. The molecule has 10 heteroatoms. The molecule has 1 aromatic heterocycles. The van der Waals surface area contributed by atoms with Gasteiger partial charge < -0.3 is 14.8 Å². The Morgan fingerprint density at radius 1 is 1.21 bits per heavy atom. The van der Waals surface area contributed by atoms with E-state index in [0.717, 1.165) is 55.7 Å². The molecule has 0 aliphatic carbocycles. The highest BCUT2D eigenvalue weighted by molar-refractivity contribution is 7.88. The topological polar surface area (TPSA) is 109 Å². The van der Waals surface area contributed by atoms with Gasteiger partial charge in [0.2, 0.25) is 10.0 Å². The molecule has 4 rings (SSSR count). The van der Waals surface area contributed by atoms with Gasteiger partial charge in [0.15, 0.2) is 5.82 Å². The summed E-state index contributed by atoms with van der Waals surface area (Å²) in [6.45, 7) is 1.87. The van der Waals surface area contributed by atoms with E-state index in [2.05, 4.69) is 24.8 Å². The van der Waals surface area contributed by atoms with Gasteiger partial charge in [0.05, 0.1) is 6.26 Å². The van der Waals surface area contributed by atoms with Crippen LogP contribution in [0.25, 0.3) is 11.4 Å². The van der Waals surface area contributed by atoms with Gasteiger partial charge in [-0.15, -0.1) is 10.2 Å². The summed E-state index contributed by atoms with van der Waals surface area (Å²) in [5.74, 6) is 1.82. The normalized spacial score (nSPS) is 19.5. The minimum absolute atomic E-state index is 0.233. The molecule has 1 fully saturated rings. The third-order valence-corrected chi connectivity index (χ3v) is 5.83. The highest BCUT2D eigenvalue weighted by atomic mass is 32.2. The molecule has 2 amide bonds. The summed E-state index contributed by atoms with van der Waals surface area (Å²) in [5.41, 5.74) is 1.59. The number of nitrogens with one attached hydrogen (secondary N) is 2. The van der Waals surface area contributed by atoms with E-state index in [4.69, 9.17) is 0 Å². The zero-order valence-electron chi connectivity index (χ0n) is 15.8. The first kappa shape index (κ1) is 18.9. The fourth-order valence-electron chi connectivity index (χ4n) is 3.86. The Bertz CT molecular complexity index is 987. The van der Waals surface area contributed by atoms with Crippen molar-refractivity contribution >= 4 is 21.7 Å². The summed E-state index contributed by atoms with van der Waals surface area (Å²) in [6.07, 6.45) is 4.64. The summed E-state index contributed by atoms with van der Waals surface area (Å²) >= 11 is 0. The third-order valence-electron chi connectivity index (χ3n) is 5.07. The van der Waals surface area contributed by atoms with Gasteiger partial charge in [-0.1, -0.05) is 12.1 Å². The largest absolute Gasteiger partial charge is 0.323 e. The van der Waals surface area contributed by atoms with E-state index in [-0.39, 0.29) is 12.1 Å². The average molecular weight is 404 g/mol. The number of likely N-dealkylation sites (tertiary alicyclic amines) is 1. The van der Waals surface area contributed by atoms with Crippen molar-refractivity contribution in [1.82, 2.24) is 24.4 Å². The number of fused-ring (bicyclic) bond motifs is 1. The quantitative estimate of drug-likeness (QED) is 0.801. The molecular formula is C18H24N6O3S. The number of hydrogen-bond acceptors (Lipinski definition) is 5. The highest BCUT2D eigenvalue weighted by Crippen LogP contribution is 2.25. The smallest absolute Gasteiger partial charge is 0.321 e. The lowest BCUT2D eigenvalue weighted by Crippen LogP contribution is -2.50. The van der Waals surface area contributed by atoms with E-state index in [1.54, 1.807) is 4.90 Å². The van der Waals surface area contributed by atoms with Crippen LogP contribution in [0.3, 0.4) is 0 Å². The van der Waals surface area contributed by atoms with Crippen molar-refractivity contribution in [2.45, 2.75) is 38.3 Å². The Balaban J connectivity index is 1.45. The second kappa shape index (κ2) is 7.51. The summed E-state index contributed by atoms with van der Waals surface area (Å²) in [5, 5.41) is 11.4. The predicted octanol–water partition coefficient (Wildman–Crippen LogP) is 1.44. The number of aryl methyl sites for hydroxylation is 1. The lowest BCUT2D eigenvalue weighted by Gasteiger charge is -2.32. The molecule has 1 aromatic carbocycles. The average Bonchev–Trinajstić information content (AvgIpc) is 3.24. The number of carbonyl (C=O) groups is 1. The van der Waals surface area contributed by atoms with Gasteiger partial charge in [-0.3, -0.25) is 0 Å². The Kier molecular flexibility index (Phi) is 5.07. The number of rotatable bonds is 4. The fourth-order valence-corrected chi connectivity index (χ4v) is 4.66. The first-order valence-corrected chi connectivity index (χ1v) is 11.3. The van der Waals surface area contributed by atoms with Crippen LogP contribution in [0.1, 0.15) is 25.1 Å². The van der Waals surface area contributed by atoms with E-state index in [9.17, 15) is 13.2 Å². The summed E-state index contributed by atoms with van der Waals surface area (Å²) in [7, 11) is -3.29. The molecule has 9 nitrogen and oxygen atoms in total. The molecule has 28 heavy (non-hydrogen) atoms. The first-order chi connectivity index (χ1) is 13.4. The lowest BCUT2D eigenvalue weighted by molar-refractivity contribution is 0.190. The van der Waals surface area contributed by atoms with Crippen LogP contribution in [0.15, 0.2) is 24.3 Å². The van der Waals surface area contributed by atoms with Crippen molar-refractivity contribution in [3.05, 3.63) is 30.1 Å². The van der Waals surface area contributed by atoms with E-state index in [1.165, 1.54) is 0 Å². The monoisotopic (exact) mass is 404 g/mol. The number of nitrogens with zero attached hydrogens (tertiary/aromatic N) is 4. The maximum Gasteiger partial charge on any atom is 0.321 e. The number of benzene rings is 1. The van der Waals surface area contributed by atoms with Crippen molar-refractivity contribution in [2.24, 2.45) is 0 Å². The molecule has 1 unspecified atom stereocenters. The van der Waals surface area contributed by atoms with Crippen molar-refractivity contribution in [3.63, 3.8) is 0 Å². The molecule has 1 atom stereocenters. The van der Waals surface area contributed by atoms with Gasteiger partial charge >= 0.3 is 6.03 Å². The van der Waals surface area contributed by atoms with E-state index >= 15 is 0 Å². The number of sulfonamides is 1. The summed E-state index contributed by atoms with van der Waals surface area (Å²) in [4.78, 5) is 14.3. The molecule has 0 spiro atoms. The molecule has 3 heterocycles. The van der Waals surface area contributed by atoms with Crippen LogP contribution in [0.2, 0.25) is 0 Å². The SMILES string of the molecule is CS(=O)(=O)NC1CCCN(C(=O)Nc2cccc(-c3nnc4n3CCC4)c2)C1. The predicted molar refractivity (Wildman–Crippen MR) is 105 cm³/mol. The third kappa shape index (κ3) is 4.17. The molecule has 0 radical (unpaired) electrons. The van der Waals surface area contributed by atoms with E-state index < -0.39 is 10.0 Å². The molecule has 2 aliphatic heterocycles. The van der Waals surface area contributed by atoms with E-state index in [1.807, 2.05) is 24.3 Å². The van der Waals surface area contributed by atoms with Crippen molar-refractivity contribution in [3.8, 4) is 11.4 Å². The van der Waals surface area contributed by atoms with Crippen LogP contribution in [0.5, 0.6) is 0 Å². The second-order valence-corrected chi connectivity index (χ2v) is 9.16. The molecule has 2 aromatic rings. The number of amides is 2. The van der Waals surface area contributed by atoms with Gasteiger partial charge in [0.25, 0.3) is 0 Å². The highest BCUT2D eigenvalue weighted by Gasteiger charge is 2.26. The van der Waals surface area contributed by atoms with Crippen LogP contribution >= 0.6 is 0 Å². The minimum Gasteiger partial charge on any atom is -0.323 e. The van der Waals surface area contributed by atoms with E-state index in [0.29, 0.717) is 18.8 Å². The number of carbonyl (C=O) groups excluding carboxylic acids is 1. The van der Waals surface area contributed by atoms with Crippen molar-refractivity contribution in [1.29, 1.82) is 0 Å². The van der Waals surface area contributed by atoms with Crippen LogP contribution in [-0.4, -0.2) is 59.5 Å². The maximum atomic E-state index is 12.7. The molecule has 1 saturated heterocycles. The Labute approximate surface area is 164 Å². The molecule has 0 saturated carbocycles. The van der Waals surface area contributed by atoms with Gasteiger partial charge in [-0.2, -0.15) is 0 Å².